The third-order valence-corrected chi connectivity index (χ3v) is 19.3. The van der Waals surface area contributed by atoms with Crippen LogP contribution in [-0.4, -0.2) is 34.2 Å². The summed E-state index contributed by atoms with van der Waals surface area (Å²) in [5.41, 5.74) is 0. The van der Waals surface area contributed by atoms with Crippen LogP contribution >= 0.6 is 0 Å². The maximum Gasteiger partial charge on any atom is 0.317 e. The van der Waals surface area contributed by atoms with Gasteiger partial charge in [-0.25, -0.2) is 0 Å². The molecule has 0 aromatic carbocycles. The van der Waals surface area contributed by atoms with Gasteiger partial charge in [0.15, 0.2) is 0 Å². The Bertz CT molecular complexity index is 298. The van der Waals surface area contributed by atoms with Crippen LogP contribution in [0.3, 0.4) is 0 Å². The van der Waals surface area contributed by atoms with Crippen molar-refractivity contribution in [3.05, 3.63) is 6.92 Å². The monoisotopic (exact) mass is 337 g/mol. The first kappa shape index (κ1) is 17.8. The average Bonchev–Trinajstić information content (AvgIpc) is 2.06. The van der Waals surface area contributed by atoms with E-state index in [1.807, 2.05) is 0 Å². The summed E-state index contributed by atoms with van der Waals surface area (Å²) in [7, 11) is -8.73. The summed E-state index contributed by atoms with van der Waals surface area (Å²) in [5.74, 6) is 0. The summed E-state index contributed by atoms with van der Waals surface area (Å²) in [6.45, 7) is 18.6. The molecule has 1 rings (SSSR count). The van der Waals surface area contributed by atoms with Gasteiger partial charge < -0.3 is 16.5 Å². The molecule has 1 aliphatic rings. The summed E-state index contributed by atoms with van der Waals surface area (Å²) in [6, 6.07) is 0.970. The first-order chi connectivity index (χ1) is 8.39. The molecule has 0 aliphatic carbocycles. The fourth-order valence-corrected chi connectivity index (χ4v) is 24.5. The molecule has 0 saturated carbocycles. The Labute approximate surface area is 122 Å². The Morgan fingerprint density at radius 1 is 0.684 bits per heavy atom. The van der Waals surface area contributed by atoms with Crippen LogP contribution in [0.2, 0.25) is 51.9 Å². The highest BCUT2D eigenvalue weighted by molar-refractivity contribution is 6.93. The van der Waals surface area contributed by atoms with Crippen molar-refractivity contribution in [2.75, 3.05) is 0 Å². The third-order valence-electron chi connectivity index (χ3n) is 2.79. The van der Waals surface area contributed by atoms with Crippen LogP contribution in [0, 0.1) is 6.92 Å². The number of unbranched alkanes of at least 4 members (excludes halogenated alkanes) is 1. The second-order valence-corrected chi connectivity index (χ2v) is 21.1. The molecule has 1 aliphatic heterocycles. The van der Waals surface area contributed by atoms with Crippen LogP contribution < -0.4 is 0 Å². The van der Waals surface area contributed by atoms with E-state index in [1.54, 1.807) is 0 Å². The highest BCUT2D eigenvalue weighted by Crippen LogP contribution is 2.33. The van der Waals surface area contributed by atoms with Gasteiger partial charge in [0, 0.05) is 0 Å². The standard InChI is InChI=1S/C11H29O4Si4/c1-9-10-11-19(8)14-17(4,5)12-16(2,3)13-18(6,7)15-19/h1,9-11H2,2-8H3. The minimum Gasteiger partial charge on any atom is -0.416 e. The van der Waals surface area contributed by atoms with E-state index in [0.717, 1.165) is 18.9 Å². The summed E-state index contributed by atoms with van der Waals surface area (Å²) in [6.07, 6.45) is 1.96. The Hall–Kier alpha value is 0.708. The molecule has 19 heavy (non-hydrogen) atoms. The molecule has 0 aromatic heterocycles. The van der Waals surface area contributed by atoms with Crippen molar-refractivity contribution < 1.29 is 16.5 Å². The first-order valence-corrected chi connectivity index (χ1v) is 18.0. The van der Waals surface area contributed by atoms with E-state index in [2.05, 4.69) is 52.8 Å². The zero-order valence-corrected chi connectivity index (χ0v) is 17.5. The van der Waals surface area contributed by atoms with Crippen molar-refractivity contribution in [2.45, 2.75) is 64.7 Å². The van der Waals surface area contributed by atoms with Gasteiger partial charge in [-0.3, -0.25) is 0 Å². The average molecular weight is 338 g/mol. The van der Waals surface area contributed by atoms with Crippen molar-refractivity contribution in [3.8, 4) is 0 Å². The zero-order valence-electron chi connectivity index (χ0n) is 13.5. The van der Waals surface area contributed by atoms with E-state index < -0.39 is 34.2 Å². The van der Waals surface area contributed by atoms with Gasteiger partial charge in [0.25, 0.3) is 0 Å². The fourth-order valence-electron chi connectivity index (χ4n) is 2.86. The van der Waals surface area contributed by atoms with Crippen molar-refractivity contribution in [1.82, 2.24) is 0 Å². The van der Waals surface area contributed by atoms with E-state index in [-0.39, 0.29) is 0 Å². The number of hydrogen-bond donors (Lipinski definition) is 0. The molecule has 8 heteroatoms. The van der Waals surface area contributed by atoms with E-state index >= 15 is 0 Å². The molecule has 0 spiro atoms. The Balaban J connectivity index is 2.97. The maximum absolute atomic E-state index is 6.43. The summed E-state index contributed by atoms with van der Waals surface area (Å²) < 4.78 is 25.4. The van der Waals surface area contributed by atoms with Crippen LogP contribution in [0.1, 0.15) is 12.8 Å². The molecule has 0 amide bonds. The SMILES string of the molecule is [CH2]CCC[Si]1(C)O[Si](C)(C)O[Si](C)(C)O[Si](C)(C)O1. The van der Waals surface area contributed by atoms with Gasteiger partial charge in [0.05, 0.1) is 0 Å². The van der Waals surface area contributed by atoms with Crippen LogP contribution in [0.15, 0.2) is 0 Å². The van der Waals surface area contributed by atoms with Gasteiger partial charge in [0.1, 0.15) is 0 Å². The first-order valence-electron chi connectivity index (χ1n) is 6.99. The lowest BCUT2D eigenvalue weighted by Crippen LogP contribution is -2.64. The summed E-state index contributed by atoms with van der Waals surface area (Å²) in [4.78, 5) is 0. The maximum atomic E-state index is 6.43. The molecule has 1 heterocycles. The Kier molecular flexibility index (Phi) is 5.45. The van der Waals surface area contributed by atoms with E-state index in [9.17, 15) is 0 Å². The predicted octanol–water partition coefficient (Wildman–Crippen LogP) is 3.86. The van der Waals surface area contributed by atoms with Gasteiger partial charge >= 0.3 is 34.2 Å². The van der Waals surface area contributed by atoms with Gasteiger partial charge in [-0.15, -0.1) is 0 Å². The molecule has 1 fully saturated rings. The zero-order chi connectivity index (χ0) is 14.9. The van der Waals surface area contributed by atoms with E-state index in [1.165, 1.54) is 0 Å². The van der Waals surface area contributed by atoms with Crippen molar-refractivity contribution >= 4 is 34.2 Å². The van der Waals surface area contributed by atoms with Crippen LogP contribution in [0.4, 0.5) is 0 Å². The minimum absolute atomic E-state index is 0.918. The highest BCUT2D eigenvalue weighted by Gasteiger charge is 2.51. The van der Waals surface area contributed by atoms with Crippen molar-refractivity contribution in [3.63, 3.8) is 0 Å². The number of hydrogen-bond acceptors (Lipinski definition) is 4. The van der Waals surface area contributed by atoms with Gasteiger partial charge in [-0.1, -0.05) is 19.8 Å². The fraction of sp³-hybridized carbons (Fsp3) is 0.909. The van der Waals surface area contributed by atoms with E-state index in [0.29, 0.717) is 0 Å². The second kappa shape index (κ2) is 5.83. The van der Waals surface area contributed by atoms with Gasteiger partial charge in [-0.05, 0) is 51.9 Å². The molecule has 0 bridgehead atoms. The second-order valence-electron chi connectivity index (χ2n) is 6.70. The molecule has 0 N–H and O–H groups in total. The van der Waals surface area contributed by atoms with Gasteiger partial charge in [0.2, 0.25) is 0 Å². The molecule has 113 valence electrons. The van der Waals surface area contributed by atoms with Crippen molar-refractivity contribution in [1.29, 1.82) is 0 Å². The molecule has 1 saturated heterocycles. The topological polar surface area (TPSA) is 36.9 Å². The smallest absolute Gasteiger partial charge is 0.317 e. The molecule has 4 nitrogen and oxygen atoms in total. The third kappa shape index (κ3) is 5.92. The van der Waals surface area contributed by atoms with Crippen LogP contribution in [-0.2, 0) is 16.5 Å². The number of rotatable bonds is 3. The largest absolute Gasteiger partial charge is 0.416 e. The lowest BCUT2D eigenvalue weighted by atomic mass is 10.4. The molecule has 0 unspecified atom stereocenters. The summed E-state index contributed by atoms with van der Waals surface area (Å²) in [5, 5.41) is 0. The predicted molar refractivity (Wildman–Crippen MR) is 87.8 cm³/mol. The van der Waals surface area contributed by atoms with Crippen molar-refractivity contribution in [2.24, 2.45) is 0 Å². The molecule has 0 atom stereocenters. The van der Waals surface area contributed by atoms with Crippen LogP contribution in [0.5, 0.6) is 0 Å². The molecular weight excluding hydrogens is 308 g/mol. The summed E-state index contributed by atoms with van der Waals surface area (Å²) >= 11 is 0. The molecule has 0 aromatic rings. The lowest BCUT2D eigenvalue weighted by Gasteiger charge is -2.47. The van der Waals surface area contributed by atoms with Crippen LogP contribution in [0.25, 0.3) is 0 Å². The lowest BCUT2D eigenvalue weighted by molar-refractivity contribution is 0.234. The Morgan fingerprint density at radius 3 is 1.42 bits per heavy atom. The molecule has 1 radical (unpaired) electrons. The van der Waals surface area contributed by atoms with E-state index in [4.69, 9.17) is 16.5 Å². The highest BCUT2D eigenvalue weighted by atomic mass is 28.5. The minimum atomic E-state index is -2.22. The quantitative estimate of drug-likeness (QED) is 0.733. The normalized spacial score (nSPS) is 28.4. The molecular formula is C11H29O4Si4. The van der Waals surface area contributed by atoms with Gasteiger partial charge in [-0.2, -0.15) is 0 Å². The Morgan fingerprint density at radius 2 is 1.05 bits per heavy atom.